The van der Waals surface area contributed by atoms with Crippen LogP contribution in [0.3, 0.4) is 0 Å². The molecule has 6 nitrogen and oxygen atoms in total. The van der Waals surface area contributed by atoms with Gasteiger partial charge in [-0.25, -0.2) is 4.98 Å². The molecule has 1 N–H and O–H groups in total. The van der Waals surface area contributed by atoms with Gasteiger partial charge >= 0.3 is 6.18 Å². The normalized spacial score (nSPS) is 11.9. The van der Waals surface area contributed by atoms with Gasteiger partial charge in [0, 0.05) is 18.8 Å². The number of aromatic nitrogens is 1. The number of carbonyl (C=O) groups is 1. The van der Waals surface area contributed by atoms with Crippen molar-refractivity contribution in [2.75, 3.05) is 14.2 Å². The Morgan fingerprint density at radius 2 is 2.04 bits per heavy atom. The topological polar surface area (TPSA) is 72.8 Å². The number of oxime groups is 1. The van der Waals surface area contributed by atoms with Crippen molar-refractivity contribution >= 4 is 23.2 Å². The zero-order valence-electron chi connectivity index (χ0n) is 14.3. The predicted molar refractivity (Wildman–Crippen MR) is 92.6 cm³/mol. The van der Waals surface area contributed by atoms with E-state index >= 15 is 0 Å². The van der Waals surface area contributed by atoms with Crippen LogP contribution in [0, 0.1) is 0 Å². The summed E-state index contributed by atoms with van der Waals surface area (Å²) in [6, 6.07) is 7.43. The van der Waals surface area contributed by atoms with E-state index in [9.17, 15) is 18.0 Å². The third kappa shape index (κ3) is 5.10. The van der Waals surface area contributed by atoms with Gasteiger partial charge in [-0.15, -0.1) is 0 Å². The van der Waals surface area contributed by atoms with Crippen molar-refractivity contribution in [2.45, 2.75) is 12.8 Å². The molecule has 0 radical (unpaired) electrons. The summed E-state index contributed by atoms with van der Waals surface area (Å²) in [6.07, 6.45) is -3.92. The first-order chi connectivity index (χ1) is 12.8. The number of pyridine rings is 1. The predicted octanol–water partition coefficient (Wildman–Crippen LogP) is 3.43. The van der Waals surface area contributed by atoms with Gasteiger partial charge in [0.2, 0.25) is 5.88 Å². The van der Waals surface area contributed by atoms with Crippen molar-refractivity contribution in [1.82, 2.24) is 10.3 Å². The van der Waals surface area contributed by atoms with Crippen LogP contribution in [-0.2, 0) is 22.4 Å². The Labute approximate surface area is 157 Å². The van der Waals surface area contributed by atoms with Crippen molar-refractivity contribution in [3.63, 3.8) is 0 Å². The van der Waals surface area contributed by atoms with Gasteiger partial charge in [-0.2, -0.15) is 13.2 Å². The molecule has 1 aromatic carbocycles. The molecule has 2 rings (SSSR count). The number of nitrogens with zero attached hydrogens (tertiary/aromatic N) is 2. The lowest BCUT2D eigenvalue weighted by Gasteiger charge is -2.13. The van der Waals surface area contributed by atoms with Crippen molar-refractivity contribution in [3.8, 4) is 5.88 Å². The summed E-state index contributed by atoms with van der Waals surface area (Å²) < 4.78 is 43.4. The SMILES string of the molecule is CNC(=O)C(=NOC)c1ccccc1COc1ncc(C(F)(F)F)cc1Cl. The maximum absolute atomic E-state index is 12.7. The van der Waals surface area contributed by atoms with Gasteiger partial charge in [0.05, 0.1) is 5.56 Å². The average Bonchev–Trinajstić information content (AvgIpc) is 2.64. The minimum atomic E-state index is -4.55. The minimum Gasteiger partial charge on any atom is -0.472 e. The molecule has 1 aromatic heterocycles. The Kier molecular flexibility index (Phi) is 6.62. The molecule has 27 heavy (non-hydrogen) atoms. The molecule has 0 spiro atoms. The molecular formula is C17H15ClF3N3O3. The molecule has 1 amide bonds. The van der Waals surface area contributed by atoms with Gasteiger partial charge in [0.15, 0.2) is 5.71 Å². The third-order valence-electron chi connectivity index (χ3n) is 3.40. The Bertz CT molecular complexity index is 857. The molecule has 1 heterocycles. The van der Waals surface area contributed by atoms with Gasteiger partial charge in [-0.05, 0) is 11.6 Å². The number of alkyl halides is 3. The molecule has 2 aromatic rings. The molecule has 0 bridgehead atoms. The number of carbonyl (C=O) groups excluding carboxylic acids is 1. The van der Waals surface area contributed by atoms with E-state index in [2.05, 4.69) is 15.5 Å². The van der Waals surface area contributed by atoms with E-state index in [-0.39, 0.29) is 23.2 Å². The van der Waals surface area contributed by atoms with Crippen LogP contribution in [-0.4, -0.2) is 30.8 Å². The summed E-state index contributed by atoms with van der Waals surface area (Å²) in [4.78, 5) is 20.3. The Hall–Kier alpha value is -2.81. The van der Waals surface area contributed by atoms with Crippen LogP contribution < -0.4 is 10.1 Å². The molecular weight excluding hydrogens is 387 g/mol. The van der Waals surface area contributed by atoms with Crippen LogP contribution in [0.4, 0.5) is 13.2 Å². The van der Waals surface area contributed by atoms with E-state index in [1.807, 2.05) is 0 Å². The lowest BCUT2D eigenvalue weighted by atomic mass is 10.0. The Morgan fingerprint density at radius 1 is 1.33 bits per heavy atom. The maximum Gasteiger partial charge on any atom is 0.417 e. The summed E-state index contributed by atoms with van der Waals surface area (Å²) in [5, 5.41) is 5.89. The van der Waals surface area contributed by atoms with Crippen LogP contribution in [0.5, 0.6) is 5.88 Å². The molecule has 0 unspecified atom stereocenters. The number of likely N-dealkylation sites (N-methyl/N-ethyl adjacent to an activating group) is 1. The molecule has 0 saturated heterocycles. The smallest absolute Gasteiger partial charge is 0.417 e. The summed E-state index contributed by atoms with van der Waals surface area (Å²) in [7, 11) is 2.74. The summed E-state index contributed by atoms with van der Waals surface area (Å²) in [5.74, 6) is -0.639. The van der Waals surface area contributed by atoms with E-state index in [0.29, 0.717) is 17.3 Å². The number of hydrogen-bond donors (Lipinski definition) is 1. The first-order valence-electron chi connectivity index (χ1n) is 7.55. The number of nitrogens with one attached hydrogen (secondary N) is 1. The van der Waals surface area contributed by atoms with Crippen molar-refractivity contribution in [1.29, 1.82) is 0 Å². The third-order valence-corrected chi connectivity index (χ3v) is 3.67. The lowest BCUT2D eigenvalue weighted by molar-refractivity contribution is -0.137. The molecule has 0 saturated carbocycles. The Morgan fingerprint density at radius 3 is 2.63 bits per heavy atom. The summed E-state index contributed by atoms with van der Waals surface area (Å²) in [6.45, 7) is -0.103. The highest BCUT2D eigenvalue weighted by Gasteiger charge is 2.31. The summed E-state index contributed by atoms with van der Waals surface area (Å²) in [5.41, 5.74) is 0.0106. The zero-order valence-corrected chi connectivity index (χ0v) is 15.1. The van der Waals surface area contributed by atoms with Crippen LogP contribution in [0.2, 0.25) is 5.02 Å². The van der Waals surface area contributed by atoms with Gasteiger partial charge in [0.1, 0.15) is 18.7 Å². The van der Waals surface area contributed by atoms with Gasteiger partial charge < -0.3 is 14.9 Å². The fraction of sp³-hybridized carbons (Fsp3) is 0.235. The number of halogens is 4. The number of hydrogen-bond acceptors (Lipinski definition) is 5. The highest BCUT2D eigenvalue weighted by Crippen LogP contribution is 2.33. The molecule has 0 aliphatic heterocycles. The van der Waals surface area contributed by atoms with E-state index in [1.165, 1.54) is 14.2 Å². The van der Waals surface area contributed by atoms with Crippen molar-refractivity contribution in [2.24, 2.45) is 5.16 Å². The number of ether oxygens (including phenoxy) is 1. The van der Waals surface area contributed by atoms with E-state index < -0.39 is 17.6 Å². The highest BCUT2D eigenvalue weighted by molar-refractivity contribution is 6.45. The van der Waals surface area contributed by atoms with Crippen LogP contribution in [0.15, 0.2) is 41.7 Å². The second kappa shape index (κ2) is 8.72. The van der Waals surface area contributed by atoms with Gasteiger partial charge in [0.25, 0.3) is 5.91 Å². The quantitative estimate of drug-likeness (QED) is 0.594. The molecule has 144 valence electrons. The second-order valence-electron chi connectivity index (χ2n) is 5.16. The Balaban J connectivity index is 2.27. The van der Waals surface area contributed by atoms with Crippen LogP contribution in [0.1, 0.15) is 16.7 Å². The van der Waals surface area contributed by atoms with E-state index in [4.69, 9.17) is 21.2 Å². The van der Waals surface area contributed by atoms with Gasteiger partial charge in [-0.3, -0.25) is 4.79 Å². The number of rotatable bonds is 6. The highest BCUT2D eigenvalue weighted by atomic mass is 35.5. The minimum absolute atomic E-state index is 0.0191. The van der Waals surface area contributed by atoms with E-state index in [1.54, 1.807) is 24.3 Å². The molecule has 0 aliphatic rings. The largest absolute Gasteiger partial charge is 0.472 e. The number of benzene rings is 1. The van der Waals surface area contributed by atoms with E-state index in [0.717, 1.165) is 6.07 Å². The second-order valence-corrected chi connectivity index (χ2v) is 5.56. The van der Waals surface area contributed by atoms with Crippen LogP contribution in [0.25, 0.3) is 0 Å². The zero-order chi connectivity index (χ0) is 20.0. The van der Waals surface area contributed by atoms with Crippen molar-refractivity contribution in [3.05, 3.63) is 58.2 Å². The monoisotopic (exact) mass is 401 g/mol. The molecule has 0 aliphatic carbocycles. The standard InChI is InChI=1S/C17H15ClF3N3O3/c1-22-15(25)14(24-26-2)12-6-4-3-5-10(12)9-27-16-13(18)7-11(8-23-16)17(19,20)21/h3-8H,9H2,1-2H3,(H,22,25). The molecule has 10 heteroatoms. The van der Waals surface area contributed by atoms with Gasteiger partial charge in [-0.1, -0.05) is 41.0 Å². The molecule has 0 fully saturated rings. The first-order valence-corrected chi connectivity index (χ1v) is 7.92. The lowest BCUT2D eigenvalue weighted by Crippen LogP contribution is -2.29. The fourth-order valence-corrected chi connectivity index (χ4v) is 2.35. The fourth-order valence-electron chi connectivity index (χ4n) is 2.13. The van der Waals surface area contributed by atoms with Crippen molar-refractivity contribution < 1.29 is 27.5 Å². The maximum atomic E-state index is 12.7. The first kappa shape index (κ1) is 20.5. The average molecular weight is 402 g/mol. The molecule has 0 atom stereocenters. The summed E-state index contributed by atoms with van der Waals surface area (Å²) >= 11 is 5.83. The number of amides is 1. The van der Waals surface area contributed by atoms with Crippen LogP contribution >= 0.6 is 11.6 Å².